The lowest BCUT2D eigenvalue weighted by atomic mass is 10.1. The van der Waals surface area contributed by atoms with E-state index in [0.29, 0.717) is 25.2 Å². The number of methoxy groups -OCH3 is 1. The number of hydrogen-bond acceptors (Lipinski definition) is 4. The number of carbonyl (C=O) groups excluding carboxylic acids is 2. The Bertz CT molecular complexity index is 1160. The quantitative estimate of drug-likeness (QED) is 0.530. The van der Waals surface area contributed by atoms with Crippen molar-refractivity contribution in [2.75, 3.05) is 31.7 Å². The number of ether oxygens (including phenoxy) is 1. The van der Waals surface area contributed by atoms with Crippen LogP contribution in [0.1, 0.15) is 61.4 Å². The van der Waals surface area contributed by atoms with Gasteiger partial charge < -0.3 is 19.1 Å². The van der Waals surface area contributed by atoms with Crippen LogP contribution in [0.2, 0.25) is 0 Å². The number of aryl methyl sites for hydroxylation is 1. The number of amides is 2. The summed E-state index contributed by atoms with van der Waals surface area (Å²) >= 11 is 0. The summed E-state index contributed by atoms with van der Waals surface area (Å²) < 4.78 is 7.24. The Hall–Kier alpha value is -3.19. The zero-order chi connectivity index (χ0) is 24.6. The second-order valence-corrected chi connectivity index (χ2v) is 9.19. The van der Waals surface area contributed by atoms with Crippen molar-refractivity contribution in [2.24, 2.45) is 0 Å². The van der Waals surface area contributed by atoms with Crippen LogP contribution in [0.5, 0.6) is 0 Å². The number of imidazole rings is 1. The van der Waals surface area contributed by atoms with Crippen molar-refractivity contribution in [1.82, 2.24) is 14.5 Å². The number of anilines is 1. The third-order valence-corrected chi connectivity index (χ3v) is 6.77. The van der Waals surface area contributed by atoms with Gasteiger partial charge in [-0.3, -0.25) is 9.59 Å². The van der Waals surface area contributed by atoms with Gasteiger partial charge in [0.1, 0.15) is 6.61 Å². The van der Waals surface area contributed by atoms with Crippen LogP contribution in [0, 0.1) is 0 Å². The highest BCUT2D eigenvalue weighted by atomic mass is 16.5. The predicted octanol–water partition coefficient (Wildman–Crippen LogP) is 5.03. The zero-order valence-electron chi connectivity index (χ0n) is 20.9. The van der Waals surface area contributed by atoms with E-state index in [9.17, 15) is 9.59 Å². The summed E-state index contributed by atoms with van der Waals surface area (Å²) in [6.07, 6.45) is 8.20. The summed E-state index contributed by atoms with van der Waals surface area (Å²) in [6.45, 7) is 4.75. The highest BCUT2D eigenvalue weighted by Crippen LogP contribution is 2.26. The van der Waals surface area contributed by atoms with Gasteiger partial charge in [0, 0.05) is 44.5 Å². The van der Waals surface area contributed by atoms with Gasteiger partial charge in [-0.25, -0.2) is 4.98 Å². The molecule has 1 aliphatic heterocycles. The smallest absolute Gasteiger partial charge is 0.254 e. The molecular formula is C28H36N4O3. The van der Waals surface area contributed by atoms with Crippen LogP contribution in [-0.2, 0) is 22.6 Å². The molecule has 3 aromatic rings. The van der Waals surface area contributed by atoms with Gasteiger partial charge in [0.2, 0.25) is 0 Å². The first-order valence-electron chi connectivity index (χ1n) is 12.7. The van der Waals surface area contributed by atoms with E-state index in [2.05, 4.69) is 16.5 Å². The molecule has 0 fully saturated rings. The van der Waals surface area contributed by atoms with Crippen LogP contribution in [0.4, 0.5) is 5.69 Å². The molecule has 2 aromatic carbocycles. The fourth-order valence-corrected chi connectivity index (χ4v) is 4.86. The monoisotopic (exact) mass is 476 g/mol. The third kappa shape index (κ3) is 5.90. The summed E-state index contributed by atoms with van der Waals surface area (Å²) in [5.74, 6) is -0.0537. The van der Waals surface area contributed by atoms with E-state index in [-0.39, 0.29) is 18.4 Å². The summed E-state index contributed by atoms with van der Waals surface area (Å²) in [4.78, 5) is 34.9. The lowest BCUT2D eigenvalue weighted by Gasteiger charge is -2.28. The lowest BCUT2D eigenvalue weighted by Crippen LogP contribution is -2.37. The van der Waals surface area contributed by atoms with Crippen LogP contribution in [-0.4, -0.2) is 53.1 Å². The van der Waals surface area contributed by atoms with Gasteiger partial charge in [-0.2, -0.15) is 0 Å². The van der Waals surface area contributed by atoms with Gasteiger partial charge in [0.15, 0.2) is 0 Å². The van der Waals surface area contributed by atoms with Crippen molar-refractivity contribution >= 4 is 28.5 Å². The zero-order valence-corrected chi connectivity index (χ0v) is 20.9. The van der Waals surface area contributed by atoms with Crippen molar-refractivity contribution in [3.63, 3.8) is 0 Å². The second-order valence-electron chi connectivity index (χ2n) is 9.19. The standard InChI is InChI=1S/C28H36N4O3/c1-3-30-21-29-24-18-22(14-15-26(24)30)28(34)31-16-10-6-4-5-7-11-17-32(27(33)20-35-2)25-13-9-8-12-23(25)19-31/h8-9,12-15,18,21H,3-7,10-11,16-17,19-20H2,1-2H3. The van der Waals surface area contributed by atoms with Gasteiger partial charge in [-0.15, -0.1) is 0 Å². The molecule has 0 saturated heterocycles. The number of para-hydroxylation sites is 1. The van der Waals surface area contributed by atoms with E-state index in [4.69, 9.17) is 4.74 Å². The number of benzene rings is 2. The molecule has 0 bridgehead atoms. The van der Waals surface area contributed by atoms with Gasteiger partial charge in [-0.05, 0) is 49.6 Å². The van der Waals surface area contributed by atoms with E-state index in [1.54, 1.807) is 7.11 Å². The van der Waals surface area contributed by atoms with Gasteiger partial charge >= 0.3 is 0 Å². The minimum Gasteiger partial charge on any atom is -0.375 e. The first-order chi connectivity index (χ1) is 17.1. The molecule has 0 N–H and O–H groups in total. The molecule has 0 radical (unpaired) electrons. The molecule has 186 valence electrons. The Morgan fingerprint density at radius 1 is 0.971 bits per heavy atom. The van der Waals surface area contributed by atoms with E-state index < -0.39 is 0 Å². The maximum Gasteiger partial charge on any atom is 0.254 e. The number of fused-ring (bicyclic) bond motifs is 2. The highest BCUT2D eigenvalue weighted by molar-refractivity contribution is 5.98. The summed E-state index contributed by atoms with van der Waals surface area (Å²) in [5, 5.41) is 0. The molecule has 7 nitrogen and oxygen atoms in total. The van der Waals surface area contributed by atoms with E-state index in [1.165, 1.54) is 0 Å². The molecular weight excluding hydrogens is 440 g/mol. The fourth-order valence-electron chi connectivity index (χ4n) is 4.86. The number of carbonyl (C=O) groups is 2. The fraction of sp³-hybridized carbons (Fsp3) is 0.464. The molecule has 2 heterocycles. The first kappa shape index (κ1) is 24.9. The number of nitrogens with zero attached hydrogens (tertiary/aromatic N) is 4. The largest absolute Gasteiger partial charge is 0.375 e. The molecule has 7 heteroatoms. The third-order valence-electron chi connectivity index (χ3n) is 6.77. The van der Waals surface area contributed by atoms with E-state index in [0.717, 1.165) is 67.4 Å². The Kier molecular flexibility index (Phi) is 8.53. The lowest BCUT2D eigenvalue weighted by molar-refractivity contribution is -0.122. The topological polar surface area (TPSA) is 67.7 Å². The van der Waals surface area contributed by atoms with Crippen molar-refractivity contribution in [1.29, 1.82) is 0 Å². The average Bonchev–Trinajstić information content (AvgIpc) is 3.29. The number of hydrogen-bond donors (Lipinski definition) is 0. The van der Waals surface area contributed by atoms with Crippen LogP contribution in [0.3, 0.4) is 0 Å². The molecule has 2 amide bonds. The SMILES string of the molecule is CCn1cnc2cc(C(=O)N3CCCCCCCCN(C(=O)COC)c4ccccc4C3)ccc21. The summed E-state index contributed by atoms with van der Waals surface area (Å²) in [6, 6.07) is 13.7. The van der Waals surface area contributed by atoms with Crippen molar-refractivity contribution in [3.05, 3.63) is 59.9 Å². The van der Waals surface area contributed by atoms with Crippen molar-refractivity contribution in [2.45, 2.75) is 58.5 Å². The number of aromatic nitrogens is 2. The van der Waals surface area contributed by atoms with Crippen molar-refractivity contribution in [3.8, 4) is 0 Å². The summed E-state index contributed by atoms with van der Waals surface area (Å²) in [7, 11) is 1.55. The average molecular weight is 477 g/mol. The van der Waals surface area contributed by atoms with Crippen molar-refractivity contribution < 1.29 is 14.3 Å². The minimum atomic E-state index is -0.0512. The number of rotatable bonds is 4. The molecule has 0 aliphatic carbocycles. The summed E-state index contributed by atoms with van der Waals surface area (Å²) in [5.41, 5.74) is 4.35. The molecule has 1 aliphatic rings. The van der Waals surface area contributed by atoms with Gasteiger partial charge in [0.05, 0.1) is 17.4 Å². The minimum absolute atomic E-state index is 0.00242. The molecule has 0 unspecified atom stereocenters. The Morgan fingerprint density at radius 3 is 2.49 bits per heavy atom. The maximum absolute atomic E-state index is 13.7. The highest BCUT2D eigenvalue weighted by Gasteiger charge is 2.23. The van der Waals surface area contributed by atoms with Crippen LogP contribution in [0.25, 0.3) is 11.0 Å². The Balaban J connectivity index is 1.66. The van der Waals surface area contributed by atoms with Crippen LogP contribution >= 0.6 is 0 Å². The molecule has 0 atom stereocenters. The molecule has 4 rings (SSSR count). The second kappa shape index (κ2) is 12.0. The van der Waals surface area contributed by atoms with E-state index in [1.807, 2.05) is 58.6 Å². The van der Waals surface area contributed by atoms with Gasteiger partial charge in [-0.1, -0.05) is 43.9 Å². The maximum atomic E-state index is 13.7. The van der Waals surface area contributed by atoms with Crippen LogP contribution < -0.4 is 4.90 Å². The predicted molar refractivity (Wildman–Crippen MR) is 139 cm³/mol. The Labute approximate surface area is 207 Å². The van der Waals surface area contributed by atoms with Gasteiger partial charge in [0.25, 0.3) is 11.8 Å². The molecule has 1 aromatic heterocycles. The molecule has 35 heavy (non-hydrogen) atoms. The van der Waals surface area contributed by atoms with Crippen LogP contribution in [0.15, 0.2) is 48.8 Å². The van der Waals surface area contributed by atoms with E-state index >= 15 is 0 Å². The normalized spacial score (nSPS) is 15.7. The Morgan fingerprint density at radius 2 is 1.71 bits per heavy atom. The molecule has 0 spiro atoms. The first-order valence-corrected chi connectivity index (χ1v) is 12.7. The molecule has 0 saturated carbocycles.